The molecule has 2 rings (SSSR count). The number of nitrogens with two attached hydrogens (primary N) is 1. The Morgan fingerprint density at radius 2 is 2.20 bits per heavy atom. The number of likely N-dealkylation sites (N-methyl/N-ethyl adjacent to an activating group) is 1. The summed E-state index contributed by atoms with van der Waals surface area (Å²) in [5.74, 6) is 0.563. The molecule has 1 aliphatic carbocycles. The molecule has 0 amide bonds. The van der Waals surface area contributed by atoms with Crippen molar-refractivity contribution in [1.82, 2.24) is 4.90 Å². The second kappa shape index (κ2) is 7.01. The predicted molar refractivity (Wildman–Crippen MR) is 85.1 cm³/mol. The fourth-order valence-electron chi connectivity index (χ4n) is 3.28. The zero-order valence-electron chi connectivity index (χ0n) is 12.3. The summed E-state index contributed by atoms with van der Waals surface area (Å²) in [7, 11) is 2.15. The number of rotatable bonds is 4. The third kappa shape index (κ3) is 3.60. The minimum absolute atomic E-state index is 0.155. The zero-order valence-corrected chi connectivity index (χ0v) is 13.9. The lowest BCUT2D eigenvalue weighted by Gasteiger charge is -2.39. The van der Waals surface area contributed by atoms with Gasteiger partial charge in [-0.1, -0.05) is 25.8 Å². The van der Waals surface area contributed by atoms with Crippen LogP contribution in [0.4, 0.5) is 4.39 Å². The van der Waals surface area contributed by atoms with Gasteiger partial charge >= 0.3 is 0 Å². The molecule has 1 aliphatic rings. The minimum atomic E-state index is -0.224. The highest BCUT2D eigenvalue weighted by atomic mass is 79.9. The van der Waals surface area contributed by atoms with Gasteiger partial charge in [0, 0.05) is 18.6 Å². The van der Waals surface area contributed by atoms with Crippen LogP contribution < -0.4 is 5.73 Å². The van der Waals surface area contributed by atoms with E-state index in [0.29, 0.717) is 17.1 Å². The van der Waals surface area contributed by atoms with E-state index in [1.54, 1.807) is 0 Å². The van der Waals surface area contributed by atoms with Gasteiger partial charge < -0.3 is 5.73 Å². The van der Waals surface area contributed by atoms with E-state index in [1.807, 2.05) is 12.1 Å². The molecule has 1 aromatic carbocycles. The smallest absolute Gasteiger partial charge is 0.137 e. The molecule has 0 spiro atoms. The lowest BCUT2D eigenvalue weighted by molar-refractivity contribution is 0.121. The van der Waals surface area contributed by atoms with Gasteiger partial charge in [-0.2, -0.15) is 0 Å². The standard InChI is InChI=1S/C16H24BrFN2/c1-11-4-3-5-13(8-11)20(2)16(10-19)12-6-7-15(18)14(17)9-12/h6-7,9,11,13,16H,3-5,8,10,19H2,1-2H3. The van der Waals surface area contributed by atoms with Crippen molar-refractivity contribution in [3.05, 3.63) is 34.1 Å². The topological polar surface area (TPSA) is 29.3 Å². The van der Waals surface area contributed by atoms with Gasteiger partial charge in [0.25, 0.3) is 0 Å². The van der Waals surface area contributed by atoms with Crippen LogP contribution in [0.15, 0.2) is 22.7 Å². The first-order valence-electron chi connectivity index (χ1n) is 7.40. The van der Waals surface area contributed by atoms with Crippen molar-refractivity contribution < 1.29 is 4.39 Å². The lowest BCUT2D eigenvalue weighted by Crippen LogP contribution is -2.41. The molecule has 0 saturated heterocycles. The molecule has 4 heteroatoms. The molecule has 1 aromatic rings. The van der Waals surface area contributed by atoms with Crippen LogP contribution in [0.3, 0.4) is 0 Å². The van der Waals surface area contributed by atoms with Gasteiger partial charge in [0.05, 0.1) is 4.47 Å². The Labute approximate surface area is 129 Å². The summed E-state index contributed by atoms with van der Waals surface area (Å²) in [5, 5.41) is 0. The van der Waals surface area contributed by atoms with Gasteiger partial charge in [0.2, 0.25) is 0 Å². The number of benzene rings is 1. The molecular formula is C16H24BrFN2. The fourth-order valence-corrected chi connectivity index (χ4v) is 3.68. The van der Waals surface area contributed by atoms with E-state index in [-0.39, 0.29) is 11.9 Å². The fraction of sp³-hybridized carbons (Fsp3) is 0.625. The summed E-state index contributed by atoms with van der Waals surface area (Å²) in [4.78, 5) is 2.38. The SMILES string of the molecule is CC1CCCC(N(C)C(CN)c2ccc(F)c(Br)c2)C1. The summed E-state index contributed by atoms with van der Waals surface area (Å²) >= 11 is 3.26. The van der Waals surface area contributed by atoms with Crippen molar-refractivity contribution in [3.63, 3.8) is 0 Å². The Hall–Kier alpha value is -0.450. The Bertz CT molecular complexity index is 452. The van der Waals surface area contributed by atoms with Crippen molar-refractivity contribution in [3.8, 4) is 0 Å². The van der Waals surface area contributed by atoms with Crippen LogP contribution >= 0.6 is 15.9 Å². The largest absolute Gasteiger partial charge is 0.329 e. The molecular weight excluding hydrogens is 319 g/mol. The summed E-state index contributed by atoms with van der Waals surface area (Å²) < 4.78 is 13.9. The van der Waals surface area contributed by atoms with Crippen LogP contribution in [0.1, 0.15) is 44.2 Å². The number of hydrogen-bond donors (Lipinski definition) is 1. The van der Waals surface area contributed by atoms with Gasteiger partial charge in [0.1, 0.15) is 5.82 Å². The number of hydrogen-bond acceptors (Lipinski definition) is 2. The van der Waals surface area contributed by atoms with Crippen LogP contribution in [-0.4, -0.2) is 24.5 Å². The van der Waals surface area contributed by atoms with E-state index in [9.17, 15) is 4.39 Å². The molecule has 0 heterocycles. The maximum absolute atomic E-state index is 13.4. The number of nitrogens with zero attached hydrogens (tertiary/aromatic N) is 1. The highest BCUT2D eigenvalue weighted by Crippen LogP contribution is 2.32. The summed E-state index contributed by atoms with van der Waals surface area (Å²) in [6, 6.07) is 5.95. The minimum Gasteiger partial charge on any atom is -0.329 e. The summed E-state index contributed by atoms with van der Waals surface area (Å²) in [6.45, 7) is 2.88. The molecule has 0 bridgehead atoms. The van der Waals surface area contributed by atoms with Crippen molar-refractivity contribution in [2.75, 3.05) is 13.6 Å². The van der Waals surface area contributed by atoms with E-state index < -0.39 is 0 Å². The molecule has 1 saturated carbocycles. The van der Waals surface area contributed by atoms with Gasteiger partial charge in [-0.05, 0) is 59.4 Å². The van der Waals surface area contributed by atoms with Crippen molar-refractivity contribution in [2.24, 2.45) is 11.7 Å². The second-order valence-corrected chi connectivity index (χ2v) is 6.87. The molecule has 0 radical (unpaired) electrons. The second-order valence-electron chi connectivity index (χ2n) is 6.02. The van der Waals surface area contributed by atoms with Gasteiger partial charge in [0.15, 0.2) is 0 Å². The maximum Gasteiger partial charge on any atom is 0.137 e. The average molecular weight is 343 g/mol. The summed E-state index contributed by atoms with van der Waals surface area (Å²) in [6.07, 6.45) is 5.09. The van der Waals surface area contributed by atoms with E-state index in [1.165, 1.54) is 31.7 Å². The van der Waals surface area contributed by atoms with Crippen LogP contribution in [-0.2, 0) is 0 Å². The highest BCUT2D eigenvalue weighted by Gasteiger charge is 2.27. The van der Waals surface area contributed by atoms with Crippen LogP contribution in [0, 0.1) is 11.7 Å². The molecule has 1 fully saturated rings. The Kier molecular flexibility index (Phi) is 5.58. The quantitative estimate of drug-likeness (QED) is 0.892. The highest BCUT2D eigenvalue weighted by molar-refractivity contribution is 9.10. The Morgan fingerprint density at radius 3 is 2.80 bits per heavy atom. The number of halogens is 2. The molecule has 20 heavy (non-hydrogen) atoms. The van der Waals surface area contributed by atoms with Crippen LogP contribution in [0.5, 0.6) is 0 Å². The van der Waals surface area contributed by atoms with E-state index in [4.69, 9.17) is 5.73 Å². The first kappa shape index (κ1) is 15.9. The average Bonchev–Trinajstić information content (AvgIpc) is 2.43. The first-order valence-corrected chi connectivity index (χ1v) is 8.19. The van der Waals surface area contributed by atoms with Crippen molar-refractivity contribution in [1.29, 1.82) is 0 Å². The van der Waals surface area contributed by atoms with Crippen LogP contribution in [0.2, 0.25) is 0 Å². The molecule has 0 aliphatic heterocycles. The molecule has 0 aromatic heterocycles. The van der Waals surface area contributed by atoms with E-state index in [0.717, 1.165) is 11.5 Å². The van der Waals surface area contributed by atoms with Crippen molar-refractivity contribution >= 4 is 15.9 Å². The van der Waals surface area contributed by atoms with E-state index in [2.05, 4.69) is 34.8 Å². The van der Waals surface area contributed by atoms with Crippen LogP contribution in [0.25, 0.3) is 0 Å². The normalized spacial score (nSPS) is 24.9. The molecule has 3 unspecified atom stereocenters. The zero-order chi connectivity index (χ0) is 14.7. The lowest BCUT2D eigenvalue weighted by atomic mass is 9.85. The van der Waals surface area contributed by atoms with Crippen molar-refractivity contribution in [2.45, 2.75) is 44.7 Å². The third-order valence-electron chi connectivity index (χ3n) is 4.53. The van der Waals surface area contributed by atoms with Gasteiger partial charge in [-0.15, -0.1) is 0 Å². The molecule has 2 nitrogen and oxygen atoms in total. The Morgan fingerprint density at radius 1 is 1.45 bits per heavy atom. The predicted octanol–water partition coefficient (Wildman–Crippen LogP) is 4.10. The van der Waals surface area contributed by atoms with Gasteiger partial charge in [-0.25, -0.2) is 4.39 Å². The Balaban J connectivity index is 2.15. The van der Waals surface area contributed by atoms with E-state index >= 15 is 0 Å². The molecule has 112 valence electrons. The van der Waals surface area contributed by atoms with Gasteiger partial charge in [-0.3, -0.25) is 4.90 Å². The third-order valence-corrected chi connectivity index (χ3v) is 5.14. The maximum atomic E-state index is 13.4. The molecule has 3 atom stereocenters. The summed E-state index contributed by atoms with van der Waals surface area (Å²) in [5.41, 5.74) is 7.07. The first-order chi connectivity index (χ1) is 9.52. The molecule has 2 N–H and O–H groups in total. The monoisotopic (exact) mass is 342 g/mol.